The van der Waals surface area contributed by atoms with Gasteiger partial charge in [-0.05, 0) is 6.26 Å². The van der Waals surface area contributed by atoms with Crippen molar-refractivity contribution in [1.29, 1.82) is 0 Å². The van der Waals surface area contributed by atoms with Crippen LogP contribution in [0.3, 0.4) is 0 Å². The highest BCUT2D eigenvalue weighted by molar-refractivity contribution is 7.99. The van der Waals surface area contributed by atoms with Crippen molar-refractivity contribution in [2.24, 2.45) is 4.99 Å². The number of thioether (sulfide) groups is 1. The van der Waals surface area contributed by atoms with E-state index in [1.165, 1.54) is 0 Å². The smallest absolute Gasteiger partial charge is 0.268 e. The van der Waals surface area contributed by atoms with Gasteiger partial charge in [0, 0.05) is 45.9 Å². The van der Waals surface area contributed by atoms with E-state index in [1.54, 1.807) is 35.5 Å². The summed E-state index contributed by atoms with van der Waals surface area (Å²) in [5.41, 5.74) is 0.605. The molecule has 17 heavy (non-hydrogen) atoms. The molecular weight excluding hydrogens is 238 g/mol. The molecule has 1 aliphatic heterocycles. The minimum absolute atomic E-state index is 0.00468. The first-order chi connectivity index (χ1) is 8.10. The number of rotatable bonds is 3. The van der Waals surface area contributed by atoms with Gasteiger partial charge in [-0.15, -0.1) is 0 Å². The number of aliphatic imine (C=N–C) groups is 1. The summed E-state index contributed by atoms with van der Waals surface area (Å²) < 4.78 is 0. The van der Waals surface area contributed by atoms with Crippen LogP contribution in [0, 0.1) is 0 Å². The van der Waals surface area contributed by atoms with Crippen molar-refractivity contribution in [2.75, 3.05) is 45.2 Å². The summed E-state index contributed by atoms with van der Waals surface area (Å²) in [5, 5.41) is 0. The lowest BCUT2D eigenvalue weighted by molar-refractivity contribution is -0.134. The van der Waals surface area contributed by atoms with Crippen LogP contribution in [0.1, 0.15) is 6.92 Å². The zero-order valence-electron chi connectivity index (χ0n) is 10.6. The molecule has 0 aromatic heterocycles. The van der Waals surface area contributed by atoms with E-state index >= 15 is 0 Å². The lowest BCUT2D eigenvalue weighted by Gasteiger charge is -2.34. The molecular formula is C11H19N3O2S. The third kappa shape index (κ3) is 3.73. The van der Waals surface area contributed by atoms with Crippen LogP contribution >= 0.6 is 11.8 Å². The number of hydrogen-bond acceptors (Lipinski definition) is 4. The van der Waals surface area contributed by atoms with Crippen molar-refractivity contribution in [3.63, 3.8) is 0 Å². The van der Waals surface area contributed by atoms with E-state index in [0.717, 1.165) is 0 Å². The zero-order chi connectivity index (χ0) is 12.8. The number of carbonyl (C=O) groups excluding carboxylic acids is 2. The lowest BCUT2D eigenvalue weighted by Crippen LogP contribution is -2.52. The fraction of sp³-hybridized carbons (Fsp3) is 0.727. The van der Waals surface area contributed by atoms with Crippen LogP contribution < -0.4 is 0 Å². The average molecular weight is 257 g/mol. The largest absolute Gasteiger partial charge is 0.339 e. The van der Waals surface area contributed by atoms with E-state index in [0.29, 0.717) is 37.6 Å². The molecule has 96 valence electrons. The highest BCUT2D eigenvalue weighted by atomic mass is 32.2. The maximum atomic E-state index is 12.1. The second-order valence-corrected chi connectivity index (χ2v) is 4.77. The van der Waals surface area contributed by atoms with Crippen molar-refractivity contribution < 1.29 is 9.59 Å². The Labute approximate surface area is 106 Å². The van der Waals surface area contributed by atoms with Crippen LogP contribution in [-0.2, 0) is 9.59 Å². The monoisotopic (exact) mass is 257 g/mol. The molecule has 6 heteroatoms. The Balaban J connectivity index is 2.53. The fourth-order valence-corrected chi connectivity index (χ4v) is 2.29. The van der Waals surface area contributed by atoms with E-state index in [2.05, 4.69) is 4.99 Å². The second-order valence-electron chi connectivity index (χ2n) is 3.90. The number of nitrogens with zero attached hydrogens (tertiary/aromatic N) is 3. The summed E-state index contributed by atoms with van der Waals surface area (Å²) in [7, 11) is 1.65. The van der Waals surface area contributed by atoms with Crippen LogP contribution in [0.4, 0.5) is 0 Å². The molecule has 0 spiro atoms. The normalized spacial score (nSPS) is 17.2. The molecule has 0 aliphatic carbocycles. The van der Waals surface area contributed by atoms with Crippen LogP contribution in [0.5, 0.6) is 0 Å². The van der Waals surface area contributed by atoms with Gasteiger partial charge in [-0.3, -0.25) is 14.6 Å². The van der Waals surface area contributed by atoms with Gasteiger partial charge < -0.3 is 9.80 Å². The fourth-order valence-electron chi connectivity index (χ4n) is 1.77. The molecule has 0 radical (unpaired) electrons. The molecule has 0 atom stereocenters. The number of amides is 2. The zero-order valence-corrected chi connectivity index (χ0v) is 11.4. The van der Waals surface area contributed by atoms with E-state index < -0.39 is 0 Å². The third-order valence-electron chi connectivity index (χ3n) is 2.81. The molecule has 0 unspecified atom stereocenters. The minimum atomic E-state index is 0.00468. The van der Waals surface area contributed by atoms with Gasteiger partial charge in [0.25, 0.3) is 5.91 Å². The highest BCUT2D eigenvalue weighted by Crippen LogP contribution is 2.05. The first-order valence-electron chi connectivity index (χ1n) is 5.59. The third-order valence-corrected chi connectivity index (χ3v) is 3.37. The van der Waals surface area contributed by atoms with Crippen LogP contribution in [0.25, 0.3) is 0 Å². The molecule has 0 saturated carbocycles. The standard InChI is InChI=1S/C11H19N3O2S/c1-9(15)13-4-6-14(7-5-13)11(16)10(12-2)8-17-3/h4-8H2,1-3H3. The van der Waals surface area contributed by atoms with Crippen molar-refractivity contribution in [3.05, 3.63) is 0 Å². The Morgan fingerprint density at radius 3 is 2.12 bits per heavy atom. The first kappa shape index (κ1) is 14.0. The van der Waals surface area contributed by atoms with Gasteiger partial charge in [0.2, 0.25) is 5.91 Å². The molecule has 1 heterocycles. The van der Waals surface area contributed by atoms with Gasteiger partial charge in [-0.1, -0.05) is 0 Å². The van der Waals surface area contributed by atoms with E-state index in [9.17, 15) is 9.59 Å². The number of piperazine rings is 1. The molecule has 1 saturated heterocycles. The second kappa shape index (κ2) is 6.64. The number of carbonyl (C=O) groups is 2. The van der Waals surface area contributed by atoms with Gasteiger partial charge in [-0.25, -0.2) is 0 Å². The summed E-state index contributed by atoms with van der Waals surface area (Å²) in [5.74, 6) is 0.720. The minimum Gasteiger partial charge on any atom is -0.339 e. The Bertz CT molecular complexity index is 323. The molecule has 5 nitrogen and oxygen atoms in total. The van der Waals surface area contributed by atoms with Crippen molar-refractivity contribution in [1.82, 2.24) is 9.80 Å². The van der Waals surface area contributed by atoms with Crippen molar-refractivity contribution in [3.8, 4) is 0 Å². The Kier molecular flexibility index (Phi) is 5.47. The quantitative estimate of drug-likeness (QED) is 0.674. The lowest BCUT2D eigenvalue weighted by atomic mass is 10.2. The van der Waals surface area contributed by atoms with E-state index in [-0.39, 0.29) is 11.8 Å². The summed E-state index contributed by atoms with van der Waals surface area (Å²) in [4.78, 5) is 30.8. The van der Waals surface area contributed by atoms with Gasteiger partial charge in [0.1, 0.15) is 5.71 Å². The predicted octanol–water partition coefficient (Wildman–Crippen LogP) is 0.111. The Morgan fingerprint density at radius 1 is 1.18 bits per heavy atom. The molecule has 2 amide bonds. The SMILES string of the molecule is CN=C(CSC)C(=O)N1CCN(C(C)=O)CC1. The van der Waals surface area contributed by atoms with Crippen LogP contribution in [0.2, 0.25) is 0 Å². The molecule has 1 aliphatic rings. The highest BCUT2D eigenvalue weighted by Gasteiger charge is 2.24. The molecule has 1 fully saturated rings. The predicted molar refractivity (Wildman–Crippen MR) is 70.6 cm³/mol. The Morgan fingerprint density at radius 2 is 1.71 bits per heavy atom. The first-order valence-corrected chi connectivity index (χ1v) is 6.99. The van der Waals surface area contributed by atoms with Gasteiger partial charge >= 0.3 is 0 Å². The van der Waals surface area contributed by atoms with Crippen molar-refractivity contribution in [2.45, 2.75) is 6.92 Å². The van der Waals surface area contributed by atoms with E-state index in [4.69, 9.17) is 0 Å². The summed E-state index contributed by atoms with van der Waals surface area (Å²) in [6.07, 6.45) is 1.95. The Hall–Kier alpha value is -1.04. The molecule has 1 rings (SSSR count). The maximum absolute atomic E-state index is 12.1. The van der Waals surface area contributed by atoms with Gasteiger partial charge in [0.05, 0.1) is 0 Å². The topological polar surface area (TPSA) is 53.0 Å². The maximum Gasteiger partial charge on any atom is 0.268 e. The van der Waals surface area contributed by atoms with Crippen LogP contribution in [-0.4, -0.2) is 72.6 Å². The molecule has 0 aromatic carbocycles. The molecule has 0 N–H and O–H groups in total. The van der Waals surface area contributed by atoms with Crippen LogP contribution in [0.15, 0.2) is 4.99 Å². The van der Waals surface area contributed by atoms with Gasteiger partial charge in [0.15, 0.2) is 0 Å². The summed E-state index contributed by atoms with van der Waals surface area (Å²) >= 11 is 1.59. The summed E-state index contributed by atoms with van der Waals surface area (Å²) in [6, 6.07) is 0. The van der Waals surface area contributed by atoms with E-state index in [1.807, 2.05) is 6.26 Å². The number of hydrogen-bond donors (Lipinski definition) is 0. The summed E-state index contributed by atoms with van der Waals surface area (Å²) in [6.45, 7) is 4.01. The molecule has 0 aromatic rings. The average Bonchev–Trinajstić information content (AvgIpc) is 2.35. The van der Waals surface area contributed by atoms with Crippen molar-refractivity contribution >= 4 is 29.3 Å². The molecule has 0 bridgehead atoms. The van der Waals surface area contributed by atoms with Gasteiger partial charge in [-0.2, -0.15) is 11.8 Å².